The molecule has 0 aromatic heterocycles. The number of amides is 1. The second-order valence-corrected chi connectivity index (χ2v) is 7.82. The summed E-state index contributed by atoms with van der Waals surface area (Å²) in [5.74, 6) is 0.533. The predicted octanol–water partition coefficient (Wildman–Crippen LogP) is 1.38. The number of likely N-dealkylation sites (N-methyl/N-ethyl adjacent to an activating group) is 1. The summed E-state index contributed by atoms with van der Waals surface area (Å²) >= 11 is 1.70. The summed E-state index contributed by atoms with van der Waals surface area (Å²) in [4.78, 5) is 24.6. The molecule has 0 heterocycles. The maximum absolute atomic E-state index is 12.1. The van der Waals surface area contributed by atoms with Gasteiger partial charge in [0.05, 0.1) is 11.4 Å². The largest absolute Gasteiger partial charge is 0.345 e. The van der Waals surface area contributed by atoms with Crippen LogP contribution in [0, 0.1) is 0 Å². The Kier molecular flexibility index (Phi) is 7.74. The monoisotopic (exact) mass is 358 g/mol. The SMILES string of the molecule is CSCCCN(C)C(=O)CNS(=O)(=O)c1ccc(C(C)=O)cc1. The number of Topliss-reactive ketones (excluding diaryl/α,β-unsaturated/α-hetero) is 1. The normalized spacial score (nSPS) is 11.3. The van der Waals surface area contributed by atoms with E-state index in [4.69, 9.17) is 0 Å². The minimum atomic E-state index is -3.77. The number of carbonyl (C=O) groups excluding carboxylic acids is 2. The molecule has 1 aromatic carbocycles. The quantitative estimate of drug-likeness (QED) is 0.533. The Labute approximate surface area is 141 Å². The van der Waals surface area contributed by atoms with E-state index in [-0.39, 0.29) is 23.1 Å². The molecule has 8 heteroatoms. The van der Waals surface area contributed by atoms with Crippen molar-refractivity contribution in [3.05, 3.63) is 29.8 Å². The highest BCUT2D eigenvalue weighted by Gasteiger charge is 2.17. The van der Waals surface area contributed by atoms with E-state index in [2.05, 4.69) is 4.72 Å². The van der Waals surface area contributed by atoms with Gasteiger partial charge in [0.1, 0.15) is 0 Å². The van der Waals surface area contributed by atoms with Gasteiger partial charge in [0, 0.05) is 19.2 Å². The van der Waals surface area contributed by atoms with Crippen molar-refractivity contribution in [2.45, 2.75) is 18.2 Å². The topological polar surface area (TPSA) is 83.6 Å². The van der Waals surface area contributed by atoms with Gasteiger partial charge in [0.2, 0.25) is 15.9 Å². The van der Waals surface area contributed by atoms with Gasteiger partial charge < -0.3 is 4.90 Å². The number of rotatable bonds is 9. The molecule has 0 saturated carbocycles. The zero-order valence-electron chi connectivity index (χ0n) is 13.5. The zero-order chi connectivity index (χ0) is 17.5. The van der Waals surface area contributed by atoms with E-state index in [9.17, 15) is 18.0 Å². The van der Waals surface area contributed by atoms with E-state index in [1.165, 1.54) is 36.1 Å². The third kappa shape index (κ3) is 6.32. The first-order chi connectivity index (χ1) is 10.8. The lowest BCUT2D eigenvalue weighted by Gasteiger charge is -2.17. The van der Waals surface area contributed by atoms with E-state index in [0.29, 0.717) is 12.1 Å². The highest BCUT2D eigenvalue weighted by Crippen LogP contribution is 2.10. The number of sulfonamides is 1. The molecule has 1 N–H and O–H groups in total. The molecule has 0 aliphatic heterocycles. The highest BCUT2D eigenvalue weighted by atomic mass is 32.2. The van der Waals surface area contributed by atoms with Gasteiger partial charge in [-0.2, -0.15) is 11.8 Å². The number of nitrogens with zero attached hydrogens (tertiary/aromatic N) is 1. The van der Waals surface area contributed by atoms with Crippen molar-refractivity contribution >= 4 is 33.5 Å². The van der Waals surface area contributed by atoms with Gasteiger partial charge in [-0.1, -0.05) is 12.1 Å². The van der Waals surface area contributed by atoms with Crippen LogP contribution >= 0.6 is 11.8 Å². The Hall–Kier alpha value is -1.38. The van der Waals surface area contributed by atoms with E-state index in [1.54, 1.807) is 18.8 Å². The summed E-state index contributed by atoms with van der Waals surface area (Å²) in [6.45, 7) is 1.72. The van der Waals surface area contributed by atoms with Gasteiger partial charge in [0.15, 0.2) is 5.78 Å². The average Bonchev–Trinajstić information content (AvgIpc) is 2.52. The smallest absolute Gasteiger partial charge is 0.241 e. The molecule has 0 spiro atoms. The summed E-state index contributed by atoms with van der Waals surface area (Å²) in [6.07, 6.45) is 2.86. The summed E-state index contributed by atoms with van der Waals surface area (Å²) in [5.41, 5.74) is 0.438. The second kappa shape index (κ2) is 9.05. The van der Waals surface area contributed by atoms with Crippen molar-refractivity contribution in [1.29, 1.82) is 0 Å². The van der Waals surface area contributed by atoms with Crippen LogP contribution in [0.15, 0.2) is 29.2 Å². The van der Waals surface area contributed by atoms with Crippen LogP contribution < -0.4 is 4.72 Å². The lowest BCUT2D eigenvalue weighted by atomic mass is 10.2. The van der Waals surface area contributed by atoms with Crippen molar-refractivity contribution in [2.24, 2.45) is 0 Å². The fourth-order valence-electron chi connectivity index (χ4n) is 1.81. The van der Waals surface area contributed by atoms with Crippen LogP contribution in [0.25, 0.3) is 0 Å². The summed E-state index contributed by atoms with van der Waals surface area (Å²) in [7, 11) is -2.12. The third-order valence-electron chi connectivity index (χ3n) is 3.25. The first-order valence-electron chi connectivity index (χ1n) is 7.11. The maximum Gasteiger partial charge on any atom is 0.241 e. The maximum atomic E-state index is 12.1. The van der Waals surface area contributed by atoms with Crippen molar-refractivity contribution in [3.8, 4) is 0 Å². The van der Waals surface area contributed by atoms with Crippen LogP contribution in [0.2, 0.25) is 0 Å². The Balaban J connectivity index is 2.61. The number of benzene rings is 1. The van der Waals surface area contributed by atoms with Crippen molar-refractivity contribution < 1.29 is 18.0 Å². The summed E-state index contributed by atoms with van der Waals surface area (Å²) in [6, 6.07) is 5.61. The molecule has 1 aromatic rings. The van der Waals surface area contributed by atoms with Crippen molar-refractivity contribution in [2.75, 3.05) is 32.1 Å². The molecule has 0 radical (unpaired) electrons. The third-order valence-corrected chi connectivity index (χ3v) is 5.37. The highest BCUT2D eigenvalue weighted by molar-refractivity contribution is 7.98. The molecular formula is C15H22N2O4S2. The van der Waals surface area contributed by atoms with E-state index in [1.807, 2.05) is 6.26 Å². The summed E-state index contributed by atoms with van der Waals surface area (Å²) < 4.78 is 26.5. The molecule has 0 bridgehead atoms. The van der Waals surface area contributed by atoms with Gasteiger partial charge in [-0.15, -0.1) is 0 Å². The van der Waals surface area contributed by atoms with E-state index < -0.39 is 10.0 Å². The molecule has 0 unspecified atom stereocenters. The molecular weight excluding hydrogens is 336 g/mol. The minimum Gasteiger partial charge on any atom is -0.345 e. The lowest BCUT2D eigenvalue weighted by molar-refractivity contribution is -0.128. The predicted molar refractivity (Wildman–Crippen MR) is 92.3 cm³/mol. The Morgan fingerprint density at radius 1 is 1.22 bits per heavy atom. The molecule has 1 rings (SSSR count). The zero-order valence-corrected chi connectivity index (χ0v) is 15.2. The Bertz CT molecular complexity index is 642. The molecule has 0 saturated heterocycles. The Morgan fingerprint density at radius 3 is 2.35 bits per heavy atom. The van der Waals surface area contributed by atoms with E-state index >= 15 is 0 Å². The first-order valence-corrected chi connectivity index (χ1v) is 9.99. The van der Waals surface area contributed by atoms with Crippen LogP contribution in [-0.2, 0) is 14.8 Å². The number of thioether (sulfide) groups is 1. The number of hydrogen-bond donors (Lipinski definition) is 1. The average molecular weight is 358 g/mol. The van der Waals surface area contributed by atoms with Gasteiger partial charge in [0.25, 0.3) is 0 Å². The molecule has 128 valence electrons. The van der Waals surface area contributed by atoms with E-state index in [0.717, 1.165) is 12.2 Å². The van der Waals surface area contributed by atoms with Gasteiger partial charge in [-0.25, -0.2) is 13.1 Å². The Morgan fingerprint density at radius 2 is 1.83 bits per heavy atom. The molecule has 1 amide bonds. The number of ketones is 1. The van der Waals surface area contributed by atoms with Crippen LogP contribution in [0.3, 0.4) is 0 Å². The molecule has 0 aliphatic carbocycles. The number of hydrogen-bond acceptors (Lipinski definition) is 5. The van der Waals surface area contributed by atoms with Gasteiger partial charge >= 0.3 is 0 Å². The molecule has 6 nitrogen and oxygen atoms in total. The number of nitrogens with one attached hydrogen (secondary N) is 1. The van der Waals surface area contributed by atoms with Crippen LogP contribution in [0.4, 0.5) is 0 Å². The van der Waals surface area contributed by atoms with Crippen LogP contribution in [0.1, 0.15) is 23.7 Å². The second-order valence-electron chi connectivity index (χ2n) is 5.07. The number of carbonyl (C=O) groups is 2. The molecule has 0 atom stereocenters. The minimum absolute atomic E-state index is 0.0281. The van der Waals surface area contributed by atoms with Crippen molar-refractivity contribution in [3.63, 3.8) is 0 Å². The fraction of sp³-hybridized carbons (Fsp3) is 0.467. The van der Waals surface area contributed by atoms with Gasteiger partial charge in [-0.3, -0.25) is 9.59 Å². The lowest BCUT2D eigenvalue weighted by Crippen LogP contribution is -2.38. The van der Waals surface area contributed by atoms with Gasteiger partial charge in [-0.05, 0) is 37.5 Å². The molecule has 0 fully saturated rings. The fourth-order valence-corrected chi connectivity index (χ4v) is 3.21. The molecule has 23 heavy (non-hydrogen) atoms. The standard InChI is InChI=1S/C15H22N2O4S2/c1-12(18)13-5-7-14(8-6-13)23(20,21)16-11-15(19)17(2)9-4-10-22-3/h5-8,16H,4,9-11H2,1-3H3. The molecule has 0 aliphatic rings. The van der Waals surface area contributed by atoms with Crippen LogP contribution in [-0.4, -0.2) is 57.2 Å². The van der Waals surface area contributed by atoms with Crippen molar-refractivity contribution in [1.82, 2.24) is 9.62 Å². The summed E-state index contributed by atoms with van der Waals surface area (Å²) in [5, 5.41) is 0. The van der Waals surface area contributed by atoms with Crippen LogP contribution in [0.5, 0.6) is 0 Å². The first kappa shape index (κ1) is 19.7.